The molecule has 3 aromatic carbocycles. The number of anilines is 3. The second-order valence-corrected chi connectivity index (χ2v) is 6.40. The third-order valence-electron chi connectivity index (χ3n) is 4.64. The van der Waals surface area contributed by atoms with Gasteiger partial charge in [0.25, 0.3) is 5.69 Å². The van der Waals surface area contributed by atoms with Crippen molar-refractivity contribution in [1.29, 1.82) is 0 Å². The lowest BCUT2D eigenvalue weighted by atomic mass is 9.81. The van der Waals surface area contributed by atoms with Crippen molar-refractivity contribution in [3.8, 4) is 11.5 Å². The standard InChI is InChI=1S/C20H13N3O6/c21-9-1-3-10(4-2-9)22-11-5-7-13(24)17-15(11)19(26)18-14(25)8-6-12(23(28)29)16(18)20(17)27/h1-8,22,24-25H,21H2. The van der Waals surface area contributed by atoms with Crippen LogP contribution in [-0.4, -0.2) is 26.7 Å². The van der Waals surface area contributed by atoms with Gasteiger partial charge in [0.1, 0.15) is 17.1 Å². The monoisotopic (exact) mass is 391 g/mol. The van der Waals surface area contributed by atoms with Crippen LogP contribution in [0, 0.1) is 10.1 Å². The Kier molecular flexibility index (Phi) is 3.93. The van der Waals surface area contributed by atoms with Crippen LogP contribution < -0.4 is 11.1 Å². The minimum Gasteiger partial charge on any atom is -0.507 e. The normalized spacial score (nSPS) is 12.3. The number of nitrogens with two attached hydrogens (primary N) is 1. The first-order valence-electron chi connectivity index (χ1n) is 8.38. The van der Waals surface area contributed by atoms with Gasteiger partial charge in [-0.1, -0.05) is 0 Å². The zero-order chi connectivity index (χ0) is 20.9. The Labute approximate surface area is 163 Å². The molecule has 0 atom stereocenters. The highest BCUT2D eigenvalue weighted by Gasteiger charge is 2.40. The average Bonchev–Trinajstić information content (AvgIpc) is 2.68. The molecule has 0 saturated carbocycles. The van der Waals surface area contributed by atoms with E-state index in [2.05, 4.69) is 5.32 Å². The Hall–Kier alpha value is -4.40. The minimum atomic E-state index is -0.921. The lowest BCUT2D eigenvalue weighted by Crippen LogP contribution is -2.23. The Morgan fingerprint density at radius 3 is 1.97 bits per heavy atom. The molecule has 3 aromatic rings. The van der Waals surface area contributed by atoms with Gasteiger partial charge in [0.05, 0.1) is 27.3 Å². The summed E-state index contributed by atoms with van der Waals surface area (Å²) in [5.74, 6) is -2.79. The van der Waals surface area contributed by atoms with Gasteiger partial charge in [-0.2, -0.15) is 0 Å². The highest BCUT2D eigenvalue weighted by Crippen LogP contribution is 2.43. The van der Waals surface area contributed by atoms with Crippen LogP contribution in [-0.2, 0) is 0 Å². The van der Waals surface area contributed by atoms with Crippen molar-refractivity contribution in [3.05, 3.63) is 80.9 Å². The number of benzene rings is 3. The quantitative estimate of drug-likeness (QED) is 0.180. The number of ketones is 2. The molecule has 0 unspecified atom stereocenters. The molecule has 1 aliphatic rings. The summed E-state index contributed by atoms with van der Waals surface area (Å²) in [5.41, 5.74) is 4.74. The second-order valence-electron chi connectivity index (χ2n) is 6.40. The van der Waals surface area contributed by atoms with Crippen LogP contribution in [0.2, 0.25) is 0 Å². The first-order chi connectivity index (χ1) is 13.8. The molecule has 144 valence electrons. The summed E-state index contributed by atoms with van der Waals surface area (Å²) in [4.78, 5) is 36.7. The summed E-state index contributed by atoms with van der Waals surface area (Å²) in [6.07, 6.45) is 0. The summed E-state index contributed by atoms with van der Waals surface area (Å²) in [7, 11) is 0. The molecule has 0 aliphatic heterocycles. The van der Waals surface area contributed by atoms with Gasteiger partial charge in [0.15, 0.2) is 0 Å². The molecular weight excluding hydrogens is 378 g/mol. The highest BCUT2D eigenvalue weighted by atomic mass is 16.6. The third kappa shape index (κ3) is 2.72. The number of nitro groups is 1. The predicted octanol–water partition coefficient (Wildman–Crippen LogP) is 3.11. The smallest absolute Gasteiger partial charge is 0.281 e. The minimum absolute atomic E-state index is 0.185. The van der Waals surface area contributed by atoms with E-state index < -0.39 is 44.8 Å². The van der Waals surface area contributed by atoms with Gasteiger partial charge in [-0.05, 0) is 42.5 Å². The van der Waals surface area contributed by atoms with E-state index in [0.717, 1.165) is 12.1 Å². The molecule has 1 aliphatic carbocycles. The average molecular weight is 391 g/mol. The highest BCUT2D eigenvalue weighted by molar-refractivity contribution is 6.33. The van der Waals surface area contributed by atoms with Crippen LogP contribution >= 0.6 is 0 Å². The van der Waals surface area contributed by atoms with E-state index in [1.165, 1.54) is 12.1 Å². The van der Waals surface area contributed by atoms with Crippen molar-refractivity contribution in [2.45, 2.75) is 0 Å². The number of carbonyl (C=O) groups excluding carboxylic acids is 2. The maximum absolute atomic E-state index is 13.2. The molecule has 0 fully saturated rings. The van der Waals surface area contributed by atoms with Crippen LogP contribution in [0.4, 0.5) is 22.7 Å². The molecule has 9 nitrogen and oxygen atoms in total. The number of fused-ring (bicyclic) bond motifs is 2. The lowest BCUT2D eigenvalue weighted by Gasteiger charge is -2.22. The van der Waals surface area contributed by atoms with Gasteiger partial charge in [-0.15, -0.1) is 0 Å². The van der Waals surface area contributed by atoms with Gasteiger partial charge in [0.2, 0.25) is 11.6 Å². The first kappa shape index (κ1) is 18.0. The van der Waals surface area contributed by atoms with Crippen LogP contribution in [0.5, 0.6) is 11.5 Å². The van der Waals surface area contributed by atoms with Crippen molar-refractivity contribution in [2.24, 2.45) is 0 Å². The molecule has 0 aromatic heterocycles. The number of nitrogens with one attached hydrogen (secondary N) is 1. The molecule has 9 heteroatoms. The van der Waals surface area contributed by atoms with E-state index in [1.54, 1.807) is 24.3 Å². The largest absolute Gasteiger partial charge is 0.507 e. The number of nitrogen functional groups attached to an aromatic ring is 1. The summed E-state index contributed by atoms with van der Waals surface area (Å²) in [6.45, 7) is 0. The van der Waals surface area contributed by atoms with Crippen molar-refractivity contribution < 1.29 is 24.7 Å². The van der Waals surface area contributed by atoms with Gasteiger partial charge >= 0.3 is 0 Å². The van der Waals surface area contributed by atoms with Crippen LogP contribution in [0.25, 0.3) is 0 Å². The van der Waals surface area contributed by atoms with Crippen LogP contribution in [0.1, 0.15) is 31.8 Å². The fourth-order valence-electron chi connectivity index (χ4n) is 3.33. The molecule has 0 saturated heterocycles. The third-order valence-corrected chi connectivity index (χ3v) is 4.64. The number of hydrogen-bond acceptors (Lipinski definition) is 8. The van der Waals surface area contributed by atoms with E-state index in [-0.39, 0.29) is 16.8 Å². The Balaban J connectivity index is 1.95. The molecule has 29 heavy (non-hydrogen) atoms. The van der Waals surface area contributed by atoms with E-state index in [4.69, 9.17) is 5.73 Å². The van der Waals surface area contributed by atoms with Crippen molar-refractivity contribution in [1.82, 2.24) is 0 Å². The van der Waals surface area contributed by atoms with Gasteiger partial charge in [0, 0.05) is 17.4 Å². The topological polar surface area (TPSA) is 156 Å². The number of aromatic hydroxyl groups is 2. The number of phenols is 2. The molecule has 0 amide bonds. The number of phenolic OH excluding ortho intramolecular Hbond substituents is 2. The predicted molar refractivity (Wildman–Crippen MR) is 104 cm³/mol. The van der Waals surface area contributed by atoms with Crippen molar-refractivity contribution in [3.63, 3.8) is 0 Å². The molecule has 0 spiro atoms. The summed E-state index contributed by atoms with van der Waals surface area (Å²) in [6, 6.07) is 11.1. The fraction of sp³-hybridized carbons (Fsp3) is 0. The van der Waals surface area contributed by atoms with Crippen molar-refractivity contribution >= 4 is 34.3 Å². The Morgan fingerprint density at radius 1 is 0.793 bits per heavy atom. The second kappa shape index (κ2) is 6.34. The summed E-state index contributed by atoms with van der Waals surface area (Å²) < 4.78 is 0. The van der Waals surface area contributed by atoms with Crippen molar-refractivity contribution in [2.75, 3.05) is 11.1 Å². The first-order valence-corrected chi connectivity index (χ1v) is 8.38. The van der Waals surface area contributed by atoms with E-state index in [0.29, 0.717) is 11.4 Å². The number of hydrogen-bond donors (Lipinski definition) is 4. The Bertz CT molecular complexity index is 1220. The summed E-state index contributed by atoms with van der Waals surface area (Å²) in [5, 5.41) is 34.7. The molecule has 0 bridgehead atoms. The maximum atomic E-state index is 13.2. The molecule has 4 rings (SSSR count). The van der Waals surface area contributed by atoms with E-state index in [1.807, 2.05) is 0 Å². The Morgan fingerprint density at radius 2 is 1.34 bits per heavy atom. The number of nitro benzene ring substituents is 1. The van der Waals surface area contributed by atoms with Crippen LogP contribution in [0.3, 0.4) is 0 Å². The SMILES string of the molecule is Nc1ccc(Nc2ccc(O)c3c2C(=O)c2c(O)ccc([N+](=O)[O-])c2C3=O)cc1. The van der Waals surface area contributed by atoms with Crippen LogP contribution in [0.15, 0.2) is 48.5 Å². The lowest BCUT2D eigenvalue weighted by molar-refractivity contribution is -0.385. The summed E-state index contributed by atoms with van der Waals surface area (Å²) >= 11 is 0. The van der Waals surface area contributed by atoms with E-state index in [9.17, 15) is 29.9 Å². The van der Waals surface area contributed by atoms with Gasteiger partial charge in [-0.25, -0.2) is 0 Å². The van der Waals surface area contributed by atoms with Gasteiger partial charge < -0.3 is 21.3 Å². The zero-order valence-electron chi connectivity index (χ0n) is 14.7. The van der Waals surface area contributed by atoms with Gasteiger partial charge in [-0.3, -0.25) is 19.7 Å². The zero-order valence-corrected chi connectivity index (χ0v) is 14.7. The fourth-order valence-corrected chi connectivity index (χ4v) is 3.33. The molecular formula is C20H13N3O6. The molecule has 5 N–H and O–H groups in total. The van der Waals surface area contributed by atoms with E-state index >= 15 is 0 Å². The number of carbonyl (C=O) groups is 2. The number of nitrogens with zero attached hydrogens (tertiary/aromatic N) is 1. The maximum Gasteiger partial charge on any atom is 0.281 e. The molecule has 0 radical (unpaired) electrons. The number of rotatable bonds is 3. The molecule has 0 heterocycles.